The number of rotatable bonds is 3. The van der Waals surface area contributed by atoms with Crippen LogP contribution in [0.3, 0.4) is 0 Å². The highest BCUT2D eigenvalue weighted by Gasteiger charge is 2.50. The summed E-state index contributed by atoms with van der Waals surface area (Å²) in [5.74, 6) is -0.521. The molecule has 0 aromatic rings. The molecule has 1 N–H and O–H groups in total. The number of amides is 1. The molecule has 1 rings (SSSR count). The lowest BCUT2D eigenvalue weighted by Gasteiger charge is -2.22. The molecule has 0 aromatic carbocycles. The topological polar surface area (TPSA) is 29.1 Å². The third-order valence-corrected chi connectivity index (χ3v) is 3.68. The maximum absolute atomic E-state index is 11.2. The summed E-state index contributed by atoms with van der Waals surface area (Å²) in [5, 5.41) is 2.47. The number of nitrogens with one attached hydrogen (secondary N) is 1. The van der Waals surface area contributed by atoms with Gasteiger partial charge in [-0.1, -0.05) is 36.5 Å². The molecular formula is C8H12Cl3NO. The van der Waals surface area contributed by atoms with Crippen molar-refractivity contribution < 1.29 is 4.79 Å². The van der Waals surface area contributed by atoms with Crippen LogP contribution in [0.5, 0.6) is 0 Å². The van der Waals surface area contributed by atoms with Crippen LogP contribution in [0.15, 0.2) is 0 Å². The van der Waals surface area contributed by atoms with Crippen molar-refractivity contribution >= 4 is 40.7 Å². The minimum Gasteiger partial charge on any atom is -0.353 e. The van der Waals surface area contributed by atoms with Crippen LogP contribution in [0.2, 0.25) is 0 Å². The van der Waals surface area contributed by atoms with Gasteiger partial charge in [0.1, 0.15) is 0 Å². The van der Waals surface area contributed by atoms with E-state index in [-0.39, 0.29) is 17.2 Å². The molecule has 13 heavy (non-hydrogen) atoms. The molecule has 1 heterocycles. The van der Waals surface area contributed by atoms with Crippen molar-refractivity contribution in [3.8, 4) is 0 Å². The number of hydrogen-bond donors (Lipinski definition) is 1. The predicted octanol–water partition coefficient (Wildman–Crippen LogP) is 2.31. The minimum atomic E-state index is -1.35. The molecule has 0 bridgehead atoms. The SMILES string of the molecule is CCCC(Cl)C1CNC(=O)C1(Cl)Cl. The van der Waals surface area contributed by atoms with Gasteiger partial charge < -0.3 is 5.32 Å². The van der Waals surface area contributed by atoms with E-state index in [0.29, 0.717) is 6.54 Å². The third kappa shape index (κ3) is 2.23. The van der Waals surface area contributed by atoms with E-state index in [1.54, 1.807) is 0 Å². The monoisotopic (exact) mass is 243 g/mol. The summed E-state index contributed by atoms with van der Waals surface area (Å²) >= 11 is 17.8. The molecule has 5 heteroatoms. The maximum Gasteiger partial charge on any atom is 0.256 e. The second-order valence-electron chi connectivity index (χ2n) is 3.24. The van der Waals surface area contributed by atoms with E-state index in [0.717, 1.165) is 12.8 Å². The van der Waals surface area contributed by atoms with E-state index in [9.17, 15) is 4.79 Å². The first kappa shape index (κ1) is 11.4. The van der Waals surface area contributed by atoms with Gasteiger partial charge in [-0.05, 0) is 6.42 Å². The second-order valence-corrected chi connectivity index (χ2v) is 5.19. The van der Waals surface area contributed by atoms with Crippen molar-refractivity contribution in [2.45, 2.75) is 29.5 Å². The largest absolute Gasteiger partial charge is 0.353 e. The normalized spacial score (nSPS) is 28.6. The average Bonchev–Trinajstić information content (AvgIpc) is 2.28. The zero-order valence-corrected chi connectivity index (χ0v) is 9.59. The highest BCUT2D eigenvalue weighted by atomic mass is 35.5. The van der Waals surface area contributed by atoms with Crippen LogP contribution in [-0.4, -0.2) is 22.2 Å². The third-order valence-electron chi connectivity index (χ3n) is 2.25. The van der Waals surface area contributed by atoms with E-state index in [1.807, 2.05) is 6.92 Å². The van der Waals surface area contributed by atoms with E-state index < -0.39 is 4.33 Å². The molecule has 2 unspecified atom stereocenters. The number of alkyl halides is 3. The Morgan fingerprint density at radius 2 is 2.31 bits per heavy atom. The average molecular weight is 245 g/mol. The van der Waals surface area contributed by atoms with Crippen molar-refractivity contribution in [3.63, 3.8) is 0 Å². The number of halogens is 3. The molecule has 1 amide bonds. The Hall–Kier alpha value is 0.340. The summed E-state index contributed by atoms with van der Waals surface area (Å²) in [6, 6.07) is 0. The van der Waals surface area contributed by atoms with Gasteiger partial charge in [-0.2, -0.15) is 0 Å². The van der Waals surface area contributed by atoms with E-state index in [1.165, 1.54) is 0 Å². The molecule has 0 aromatic heterocycles. The zero-order valence-electron chi connectivity index (χ0n) is 7.32. The molecule has 0 saturated carbocycles. The Morgan fingerprint density at radius 1 is 1.69 bits per heavy atom. The fourth-order valence-corrected chi connectivity index (χ4v) is 2.67. The van der Waals surface area contributed by atoms with Gasteiger partial charge in [-0.15, -0.1) is 11.6 Å². The van der Waals surface area contributed by atoms with E-state index >= 15 is 0 Å². The van der Waals surface area contributed by atoms with Gasteiger partial charge in [0, 0.05) is 17.8 Å². The smallest absolute Gasteiger partial charge is 0.256 e. The van der Waals surface area contributed by atoms with Gasteiger partial charge in [-0.3, -0.25) is 4.79 Å². The predicted molar refractivity (Wildman–Crippen MR) is 55.5 cm³/mol. The number of hydrogen-bond acceptors (Lipinski definition) is 1. The Morgan fingerprint density at radius 3 is 2.69 bits per heavy atom. The van der Waals surface area contributed by atoms with Gasteiger partial charge in [0.2, 0.25) is 4.33 Å². The van der Waals surface area contributed by atoms with Crippen molar-refractivity contribution in [1.29, 1.82) is 0 Å². The number of carbonyl (C=O) groups excluding carboxylic acids is 1. The summed E-state index contributed by atoms with van der Waals surface area (Å²) in [6.07, 6.45) is 1.78. The van der Waals surface area contributed by atoms with Crippen molar-refractivity contribution in [3.05, 3.63) is 0 Å². The Kier molecular flexibility index (Phi) is 3.73. The summed E-state index contributed by atoms with van der Waals surface area (Å²) in [4.78, 5) is 11.2. The molecule has 2 nitrogen and oxygen atoms in total. The highest BCUT2D eigenvalue weighted by molar-refractivity contribution is 6.59. The lowest BCUT2D eigenvalue weighted by atomic mass is 10.00. The van der Waals surface area contributed by atoms with Gasteiger partial charge >= 0.3 is 0 Å². The van der Waals surface area contributed by atoms with Crippen LogP contribution < -0.4 is 5.32 Å². The highest BCUT2D eigenvalue weighted by Crippen LogP contribution is 2.39. The standard InChI is InChI=1S/C8H12Cl3NO/c1-2-3-6(9)5-4-12-7(13)8(5,10)11/h5-6H,2-4H2,1H3,(H,12,13). The van der Waals surface area contributed by atoms with Crippen LogP contribution in [-0.2, 0) is 4.79 Å². The van der Waals surface area contributed by atoms with Crippen LogP contribution in [0.1, 0.15) is 19.8 Å². The molecule has 1 aliphatic heterocycles. The van der Waals surface area contributed by atoms with Gasteiger partial charge in [0.25, 0.3) is 5.91 Å². The van der Waals surface area contributed by atoms with E-state index in [4.69, 9.17) is 34.8 Å². The van der Waals surface area contributed by atoms with Crippen LogP contribution in [0.4, 0.5) is 0 Å². The summed E-state index contributed by atoms with van der Waals surface area (Å²) in [5.41, 5.74) is 0. The molecule has 1 aliphatic rings. The molecule has 1 saturated heterocycles. The molecular weight excluding hydrogens is 232 g/mol. The second kappa shape index (κ2) is 4.24. The van der Waals surface area contributed by atoms with Crippen LogP contribution >= 0.6 is 34.8 Å². The first-order valence-electron chi connectivity index (χ1n) is 4.30. The molecule has 0 radical (unpaired) electrons. The van der Waals surface area contributed by atoms with Gasteiger partial charge in [0.05, 0.1) is 0 Å². The van der Waals surface area contributed by atoms with Crippen molar-refractivity contribution in [2.24, 2.45) is 5.92 Å². The van der Waals surface area contributed by atoms with Crippen molar-refractivity contribution in [2.75, 3.05) is 6.54 Å². The zero-order chi connectivity index (χ0) is 10.1. The van der Waals surface area contributed by atoms with Crippen LogP contribution in [0, 0.1) is 5.92 Å². The summed E-state index contributed by atoms with van der Waals surface area (Å²) < 4.78 is -1.35. The van der Waals surface area contributed by atoms with Gasteiger partial charge in [-0.25, -0.2) is 0 Å². The number of carbonyl (C=O) groups is 1. The van der Waals surface area contributed by atoms with Crippen molar-refractivity contribution in [1.82, 2.24) is 5.32 Å². The summed E-state index contributed by atoms with van der Waals surface area (Å²) in [6.45, 7) is 2.50. The van der Waals surface area contributed by atoms with Gasteiger partial charge in [0.15, 0.2) is 0 Å². The quantitative estimate of drug-likeness (QED) is 0.759. The lowest BCUT2D eigenvalue weighted by Crippen LogP contribution is -2.34. The molecule has 2 atom stereocenters. The Balaban J connectivity index is 2.66. The fourth-order valence-electron chi connectivity index (χ4n) is 1.45. The first-order chi connectivity index (χ1) is 6.00. The molecule has 0 aliphatic carbocycles. The van der Waals surface area contributed by atoms with E-state index in [2.05, 4.69) is 5.32 Å². The Labute approximate surface area is 92.9 Å². The maximum atomic E-state index is 11.2. The lowest BCUT2D eigenvalue weighted by molar-refractivity contribution is -0.119. The molecule has 76 valence electrons. The molecule has 1 fully saturated rings. The van der Waals surface area contributed by atoms with Crippen LogP contribution in [0.25, 0.3) is 0 Å². The Bertz CT molecular complexity index is 208. The summed E-state index contributed by atoms with van der Waals surface area (Å²) in [7, 11) is 0. The molecule has 0 spiro atoms. The first-order valence-corrected chi connectivity index (χ1v) is 5.49. The minimum absolute atomic E-state index is 0.140. The fraction of sp³-hybridized carbons (Fsp3) is 0.875.